The summed E-state index contributed by atoms with van der Waals surface area (Å²) in [7, 11) is 1.66. The van der Waals surface area contributed by atoms with E-state index in [1.807, 2.05) is 29.1 Å². The van der Waals surface area contributed by atoms with Gasteiger partial charge >= 0.3 is 0 Å². The predicted octanol–water partition coefficient (Wildman–Crippen LogP) is 5.46. The number of aliphatic hydroxyl groups is 1. The number of aryl methyl sites for hydroxylation is 1. The average Bonchev–Trinajstić information content (AvgIpc) is 3.33. The van der Waals surface area contributed by atoms with E-state index in [4.69, 9.17) is 37.4 Å². The van der Waals surface area contributed by atoms with Crippen molar-refractivity contribution >= 4 is 23.2 Å². The maximum absolute atomic E-state index is 11.1. The first-order valence-electron chi connectivity index (χ1n) is 12.2. The SMILES string of the molecule is COc1cc(CN2CCC[C@@](O)(COc3ccc(Cl)c(Cl)c3)CC2)ccc1OCCCn1cccn1. The Hall–Kier alpha value is -2.45. The molecule has 1 fully saturated rings. The summed E-state index contributed by atoms with van der Waals surface area (Å²) < 4.78 is 19.3. The van der Waals surface area contributed by atoms with Crippen LogP contribution in [0.1, 0.15) is 31.2 Å². The second kappa shape index (κ2) is 12.7. The summed E-state index contributed by atoms with van der Waals surface area (Å²) >= 11 is 12.0. The molecule has 2 heterocycles. The van der Waals surface area contributed by atoms with Crippen molar-refractivity contribution in [1.82, 2.24) is 14.7 Å². The Bertz CT molecular complexity index is 1110. The highest BCUT2D eigenvalue weighted by molar-refractivity contribution is 6.42. The van der Waals surface area contributed by atoms with Crippen LogP contribution in [0.15, 0.2) is 54.9 Å². The summed E-state index contributed by atoms with van der Waals surface area (Å²) in [6.07, 6.45) is 6.77. The quantitative estimate of drug-likeness (QED) is 0.330. The number of halogens is 2. The normalized spacial score (nSPS) is 18.6. The summed E-state index contributed by atoms with van der Waals surface area (Å²) in [5.41, 5.74) is 0.264. The Kier molecular flexibility index (Phi) is 9.37. The standard InChI is InChI=1S/C27H33Cl2N3O4/c1-34-26-17-21(5-8-25(26)35-16-4-14-32-13-3-11-30-32)19-31-12-2-9-27(33,10-15-31)20-36-22-6-7-23(28)24(29)18-22/h3,5-8,11,13,17-18,33H,2,4,9-10,12,14-16,19-20H2,1H3/t27-/m0/s1. The second-order valence-electron chi connectivity index (χ2n) is 9.17. The van der Waals surface area contributed by atoms with Gasteiger partial charge in [0.25, 0.3) is 0 Å². The fraction of sp³-hybridized carbons (Fsp3) is 0.444. The van der Waals surface area contributed by atoms with Crippen molar-refractivity contribution < 1.29 is 19.3 Å². The van der Waals surface area contributed by atoms with Gasteiger partial charge in [-0.3, -0.25) is 9.58 Å². The molecular weight excluding hydrogens is 501 g/mol. The van der Waals surface area contributed by atoms with Gasteiger partial charge in [-0.15, -0.1) is 0 Å². The van der Waals surface area contributed by atoms with Crippen molar-refractivity contribution in [2.45, 2.75) is 44.4 Å². The smallest absolute Gasteiger partial charge is 0.161 e. The summed E-state index contributed by atoms with van der Waals surface area (Å²) in [5.74, 6) is 2.08. The largest absolute Gasteiger partial charge is 0.493 e. The molecule has 36 heavy (non-hydrogen) atoms. The van der Waals surface area contributed by atoms with Crippen molar-refractivity contribution in [2.75, 3.05) is 33.4 Å². The van der Waals surface area contributed by atoms with Gasteiger partial charge in [0.1, 0.15) is 12.4 Å². The molecule has 0 bridgehead atoms. The minimum Gasteiger partial charge on any atom is -0.493 e. The molecule has 1 aliphatic heterocycles. The lowest BCUT2D eigenvalue weighted by Crippen LogP contribution is -2.37. The van der Waals surface area contributed by atoms with Gasteiger partial charge < -0.3 is 19.3 Å². The topological polar surface area (TPSA) is 69.0 Å². The lowest BCUT2D eigenvalue weighted by molar-refractivity contribution is -0.0168. The van der Waals surface area contributed by atoms with Gasteiger partial charge in [-0.05, 0) is 61.7 Å². The van der Waals surface area contributed by atoms with Gasteiger partial charge in [0.2, 0.25) is 0 Å². The van der Waals surface area contributed by atoms with Gasteiger partial charge in [0.15, 0.2) is 11.5 Å². The maximum Gasteiger partial charge on any atom is 0.161 e. The van der Waals surface area contributed by atoms with Crippen LogP contribution in [0.25, 0.3) is 0 Å². The summed E-state index contributed by atoms with van der Waals surface area (Å²) in [5, 5.41) is 16.3. The highest BCUT2D eigenvalue weighted by Crippen LogP contribution is 2.31. The van der Waals surface area contributed by atoms with Crippen LogP contribution in [0.2, 0.25) is 10.0 Å². The van der Waals surface area contributed by atoms with Crippen LogP contribution in [0.5, 0.6) is 17.2 Å². The zero-order chi connectivity index (χ0) is 25.4. The van der Waals surface area contributed by atoms with Crippen molar-refractivity contribution in [3.63, 3.8) is 0 Å². The second-order valence-corrected chi connectivity index (χ2v) is 9.99. The maximum atomic E-state index is 11.1. The predicted molar refractivity (Wildman–Crippen MR) is 141 cm³/mol. The van der Waals surface area contributed by atoms with Crippen LogP contribution in [-0.2, 0) is 13.1 Å². The monoisotopic (exact) mass is 533 g/mol. The van der Waals surface area contributed by atoms with E-state index in [1.54, 1.807) is 31.5 Å². The van der Waals surface area contributed by atoms with E-state index in [0.717, 1.165) is 56.1 Å². The fourth-order valence-electron chi connectivity index (χ4n) is 4.35. The van der Waals surface area contributed by atoms with E-state index >= 15 is 0 Å². The third-order valence-electron chi connectivity index (χ3n) is 6.39. The van der Waals surface area contributed by atoms with E-state index in [2.05, 4.69) is 16.1 Å². The van der Waals surface area contributed by atoms with E-state index in [9.17, 15) is 5.11 Å². The van der Waals surface area contributed by atoms with Crippen LogP contribution in [0.4, 0.5) is 0 Å². The van der Waals surface area contributed by atoms with E-state index in [1.165, 1.54) is 0 Å². The molecule has 0 saturated carbocycles. The molecule has 1 aliphatic rings. The van der Waals surface area contributed by atoms with E-state index in [0.29, 0.717) is 35.2 Å². The molecule has 194 valence electrons. The highest BCUT2D eigenvalue weighted by Gasteiger charge is 2.31. The zero-order valence-electron chi connectivity index (χ0n) is 20.5. The van der Waals surface area contributed by atoms with Crippen molar-refractivity contribution in [2.24, 2.45) is 0 Å². The lowest BCUT2D eigenvalue weighted by Gasteiger charge is -2.27. The molecule has 4 rings (SSSR count). The number of likely N-dealkylation sites (tertiary alicyclic amines) is 1. The third kappa shape index (κ3) is 7.53. The molecule has 0 radical (unpaired) electrons. The lowest BCUT2D eigenvalue weighted by atomic mass is 9.96. The zero-order valence-corrected chi connectivity index (χ0v) is 22.0. The Morgan fingerprint density at radius 1 is 1.03 bits per heavy atom. The number of aromatic nitrogens is 2. The third-order valence-corrected chi connectivity index (χ3v) is 7.13. The molecule has 1 aromatic heterocycles. The molecule has 3 aromatic rings. The van der Waals surface area contributed by atoms with Crippen LogP contribution in [-0.4, -0.2) is 58.8 Å². The molecule has 0 unspecified atom stereocenters. The Labute approximate surface area is 222 Å². The van der Waals surface area contributed by atoms with Crippen molar-refractivity contribution in [3.05, 3.63) is 70.5 Å². The Balaban J connectivity index is 1.26. The van der Waals surface area contributed by atoms with Crippen LogP contribution in [0, 0.1) is 0 Å². The first kappa shape index (κ1) is 26.6. The van der Waals surface area contributed by atoms with Gasteiger partial charge in [0.05, 0.1) is 29.4 Å². The first-order chi connectivity index (χ1) is 17.4. The highest BCUT2D eigenvalue weighted by atomic mass is 35.5. The van der Waals surface area contributed by atoms with Crippen molar-refractivity contribution in [1.29, 1.82) is 0 Å². The molecule has 0 amide bonds. The molecule has 0 spiro atoms. The number of nitrogens with zero attached hydrogens (tertiary/aromatic N) is 3. The van der Waals surface area contributed by atoms with E-state index < -0.39 is 5.60 Å². The molecule has 0 aliphatic carbocycles. The van der Waals surface area contributed by atoms with Gasteiger partial charge in [-0.1, -0.05) is 29.3 Å². The molecular formula is C27H33Cl2N3O4. The van der Waals surface area contributed by atoms with Crippen molar-refractivity contribution in [3.8, 4) is 17.2 Å². The molecule has 1 atom stereocenters. The summed E-state index contributed by atoms with van der Waals surface area (Å²) in [6, 6.07) is 13.1. The number of ether oxygens (including phenoxy) is 3. The van der Waals surface area contributed by atoms with E-state index in [-0.39, 0.29) is 6.61 Å². The molecule has 2 aromatic carbocycles. The fourth-order valence-corrected chi connectivity index (χ4v) is 4.64. The van der Waals surface area contributed by atoms with Crippen LogP contribution < -0.4 is 14.2 Å². The minimum atomic E-state index is -0.883. The summed E-state index contributed by atoms with van der Waals surface area (Å²) in [6.45, 7) is 4.08. The first-order valence-corrected chi connectivity index (χ1v) is 13.0. The van der Waals surface area contributed by atoms with Gasteiger partial charge in [0, 0.05) is 44.5 Å². The molecule has 1 saturated heterocycles. The van der Waals surface area contributed by atoms with Gasteiger partial charge in [-0.25, -0.2) is 0 Å². The molecule has 1 N–H and O–H groups in total. The number of benzene rings is 2. The Morgan fingerprint density at radius 2 is 1.92 bits per heavy atom. The number of rotatable bonds is 11. The number of hydrogen-bond acceptors (Lipinski definition) is 6. The minimum absolute atomic E-state index is 0.221. The number of hydrogen-bond donors (Lipinski definition) is 1. The number of methoxy groups -OCH3 is 1. The summed E-state index contributed by atoms with van der Waals surface area (Å²) in [4.78, 5) is 2.36. The Morgan fingerprint density at radius 3 is 2.69 bits per heavy atom. The van der Waals surface area contributed by atoms with Crippen LogP contribution in [0.3, 0.4) is 0 Å². The van der Waals surface area contributed by atoms with Crippen LogP contribution >= 0.6 is 23.2 Å². The van der Waals surface area contributed by atoms with Gasteiger partial charge in [-0.2, -0.15) is 5.10 Å². The average molecular weight is 534 g/mol. The molecule has 9 heteroatoms. The molecule has 7 nitrogen and oxygen atoms in total.